The molecule has 3 atom stereocenters. The lowest BCUT2D eigenvalue weighted by molar-refractivity contribution is -0.146. The van der Waals surface area contributed by atoms with Gasteiger partial charge in [0.2, 0.25) is 16.9 Å². The molecule has 0 spiro atoms. The number of carbonyl (C=O) groups is 3. The minimum Gasteiger partial charge on any atom is -0.504 e. The van der Waals surface area contributed by atoms with E-state index in [9.17, 15) is 29.7 Å². The van der Waals surface area contributed by atoms with E-state index in [2.05, 4.69) is 5.32 Å². The molecule has 1 heterocycles. The Balaban J connectivity index is 1.89. The molecule has 8 nitrogen and oxygen atoms in total. The van der Waals surface area contributed by atoms with Crippen LogP contribution in [0.25, 0.3) is 0 Å². The van der Waals surface area contributed by atoms with Gasteiger partial charge in [-0.05, 0) is 36.8 Å². The molecule has 1 aromatic rings. The Hall–Kier alpha value is -2.26. The smallest absolute Gasteiger partial charge is 0.249 e. The Morgan fingerprint density at radius 2 is 2.00 bits per heavy atom. The van der Waals surface area contributed by atoms with Crippen LogP contribution in [0.4, 0.5) is 0 Å². The Morgan fingerprint density at radius 1 is 1.30 bits per heavy atom. The number of thioether (sulfide) groups is 1. The van der Waals surface area contributed by atoms with Crippen molar-refractivity contribution in [1.29, 1.82) is 0 Å². The Labute approximate surface area is 161 Å². The third-order valence-electron chi connectivity index (χ3n) is 4.36. The highest BCUT2D eigenvalue weighted by atomic mass is 32.2. The molecule has 1 aromatic carbocycles. The van der Waals surface area contributed by atoms with Crippen LogP contribution >= 0.6 is 11.8 Å². The van der Waals surface area contributed by atoms with Crippen LogP contribution in [0.3, 0.4) is 0 Å². The number of phenols is 2. The van der Waals surface area contributed by atoms with E-state index in [1.807, 2.05) is 6.92 Å². The van der Waals surface area contributed by atoms with Crippen LogP contribution in [0.15, 0.2) is 18.2 Å². The van der Waals surface area contributed by atoms with E-state index in [4.69, 9.17) is 0 Å². The van der Waals surface area contributed by atoms with Gasteiger partial charge >= 0.3 is 0 Å². The van der Waals surface area contributed by atoms with E-state index in [0.717, 1.165) is 0 Å². The largest absolute Gasteiger partial charge is 0.504 e. The van der Waals surface area contributed by atoms with Gasteiger partial charge in [0, 0.05) is 13.0 Å². The first-order valence-corrected chi connectivity index (χ1v) is 9.69. The zero-order chi connectivity index (χ0) is 20.1. The number of aliphatic hydroxyl groups excluding tert-OH is 1. The standard InChI is InChI=1S/C18H24N2O6S/c1-3-27-18(26)12-6-7-20(12)17(25)10(2)19-16(24)15(23)9-11-4-5-13(21)14(22)8-11/h4-5,8,10,12,15,21-23H,3,6-7,9H2,1-2H3,(H,19,24)/t10-,12?,15?/m1/s1. The van der Waals surface area contributed by atoms with Crippen LogP contribution in [-0.2, 0) is 20.8 Å². The maximum atomic E-state index is 12.5. The number of benzene rings is 1. The second-order valence-electron chi connectivity index (χ2n) is 6.36. The predicted octanol–water partition coefficient (Wildman–Crippen LogP) is 0.387. The number of likely N-dealkylation sites (tertiary alicyclic amines) is 1. The van der Waals surface area contributed by atoms with E-state index in [1.54, 1.807) is 0 Å². The molecule has 0 aliphatic carbocycles. The van der Waals surface area contributed by atoms with E-state index < -0.39 is 24.1 Å². The van der Waals surface area contributed by atoms with Crippen LogP contribution < -0.4 is 5.32 Å². The number of hydrogen-bond donors (Lipinski definition) is 4. The molecule has 0 bridgehead atoms. The fourth-order valence-electron chi connectivity index (χ4n) is 2.77. The first kappa shape index (κ1) is 21.0. The molecule has 2 rings (SSSR count). The van der Waals surface area contributed by atoms with Crippen molar-refractivity contribution in [3.8, 4) is 11.5 Å². The van der Waals surface area contributed by atoms with Crippen LogP contribution in [0.5, 0.6) is 11.5 Å². The lowest BCUT2D eigenvalue weighted by Gasteiger charge is -2.41. The first-order chi connectivity index (χ1) is 12.7. The molecule has 1 fully saturated rings. The van der Waals surface area contributed by atoms with Crippen molar-refractivity contribution in [2.75, 3.05) is 12.3 Å². The predicted molar refractivity (Wildman–Crippen MR) is 100 cm³/mol. The Morgan fingerprint density at radius 3 is 2.56 bits per heavy atom. The molecule has 1 saturated heterocycles. The van der Waals surface area contributed by atoms with Gasteiger partial charge in [0.1, 0.15) is 18.2 Å². The topological polar surface area (TPSA) is 127 Å². The second-order valence-corrected chi connectivity index (χ2v) is 7.63. The molecule has 148 valence electrons. The molecule has 1 aliphatic rings. The summed E-state index contributed by atoms with van der Waals surface area (Å²) >= 11 is 1.17. The molecule has 0 radical (unpaired) electrons. The summed E-state index contributed by atoms with van der Waals surface area (Å²) in [6.45, 7) is 3.84. The van der Waals surface area contributed by atoms with Crippen molar-refractivity contribution in [2.24, 2.45) is 0 Å². The Bertz CT molecular complexity index is 726. The van der Waals surface area contributed by atoms with Gasteiger partial charge < -0.3 is 25.5 Å². The lowest BCUT2D eigenvalue weighted by Crippen LogP contribution is -2.60. The third kappa shape index (κ3) is 5.14. The summed E-state index contributed by atoms with van der Waals surface area (Å²) in [5, 5.41) is 31.2. The summed E-state index contributed by atoms with van der Waals surface area (Å²) in [5.74, 6) is -1.09. The van der Waals surface area contributed by atoms with E-state index >= 15 is 0 Å². The number of aliphatic hydroxyl groups is 1. The summed E-state index contributed by atoms with van der Waals surface area (Å²) in [6, 6.07) is 2.66. The molecular weight excluding hydrogens is 372 g/mol. The van der Waals surface area contributed by atoms with Gasteiger partial charge in [-0.1, -0.05) is 24.8 Å². The Kier molecular flexibility index (Phi) is 7.09. The van der Waals surface area contributed by atoms with Crippen molar-refractivity contribution >= 4 is 28.7 Å². The van der Waals surface area contributed by atoms with E-state index in [1.165, 1.54) is 41.8 Å². The van der Waals surface area contributed by atoms with Crippen molar-refractivity contribution in [3.63, 3.8) is 0 Å². The number of nitrogens with zero attached hydrogens (tertiary/aromatic N) is 1. The van der Waals surface area contributed by atoms with Crippen molar-refractivity contribution in [2.45, 2.75) is 44.9 Å². The van der Waals surface area contributed by atoms with Gasteiger partial charge in [-0.25, -0.2) is 0 Å². The lowest BCUT2D eigenvalue weighted by atomic mass is 10.0. The SMILES string of the molecule is CCSC(=O)C1CCN1C(=O)[C@@H](C)NC(=O)C(O)Cc1ccc(O)c(O)c1. The zero-order valence-corrected chi connectivity index (χ0v) is 16.0. The van der Waals surface area contributed by atoms with Gasteiger partial charge in [0.25, 0.3) is 0 Å². The van der Waals surface area contributed by atoms with E-state index in [0.29, 0.717) is 24.3 Å². The number of phenolic OH excluding ortho intramolecular Hbond substituents is 2. The van der Waals surface area contributed by atoms with Crippen molar-refractivity contribution in [1.82, 2.24) is 10.2 Å². The van der Waals surface area contributed by atoms with Crippen LogP contribution in [0.2, 0.25) is 0 Å². The fraction of sp³-hybridized carbons (Fsp3) is 0.500. The molecule has 2 amide bonds. The molecular formula is C18H24N2O6S. The third-order valence-corrected chi connectivity index (χ3v) is 5.21. The van der Waals surface area contributed by atoms with E-state index in [-0.39, 0.29) is 28.9 Å². The molecule has 1 aliphatic heterocycles. The number of hydrogen-bond acceptors (Lipinski definition) is 7. The number of aromatic hydroxyl groups is 2. The highest BCUT2D eigenvalue weighted by Crippen LogP contribution is 2.26. The summed E-state index contributed by atoms with van der Waals surface area (Å²) in [7, 11) is 0. The molecule has 0 saturated carbocycles. The second kappa shape index (κ2) is 9.09. The number of nitrogens with one attached hydrogen (secondary N) is 1. The van der Waals surface area contributed by atoms with Gasteiger partial charge in [-0.3, -0.25) is 14.4 Å². The highest BCUT2D eigenvalue weighted by Gasteiger charge is 2.39. The summed E-state index contributed by atoms with van der Waals surface area (Å²) < 4.78 is 0. The van der Waals surface area contributed by atoms with Crippen molar-refractivity contribution < 1.29 is 29.7 Å². The maximum absolute atomic E-state index is 12.5. The molecule has 9 heteroatoms. The fourth-order valence-corrected chi connectivity index (χ4v) is 3.49. The molecule has 2 unspecified atom stereocenters. The number of carbonyl (C=O) groups excluding carboxylic acids is 3. The van der Waals surface area contributed by atoms with Gasteiger partial charge in [0.05, 0.1) is 0 Å². The summed E-state index contributed by atoms with van der Waals surface area (Å²) in [5.41, 5.74) is 0.455. The average molecular weight is 396 g/mol. The van der Waals surface area contributed by atoms with Crippen LogP contribution in [0, 0.1) is 0 Å². The minimum atomic E-state index is -1.42. The quantitative estimate of drug-likeness (QED) is 0.491. The van der Waals surface area contributed by atoms with Gasteiger partial charge in [0.15, 0.2) is 11.5 Å². The average Bonchev–Trinajstić information content (AvgIpc) is 2.57. The van der Waals surface area contributed by atoms with Gasteiger partial charge in [-0.2, -0.15) is 0 Å². The molecule has 4 N–H and O–H groups in total. The monoisotopic (exact) mass is 396 g/mol. The minimum absolute atomic E-state index is 0.0530. The molecule has 0 aromatic heterocycles. The molecule has 27 heavy (non-hydrogen) atoms. The van der Waals surface area contributed by atoms with Gasteiger partial charge in [-0.15, -0.1) is 0 Å². The van der Waals surface area contributed by atoms with Crippen molar-refractivity contribution in [3.05, 3.63) is 23.8 Å². The number of rotatable bonds is 7. The number of amides is 2. The van der Waals surface area contributed by atoms with Crippen LogP contribution in [0.1, 0.15) is 25.8 Å². The van der Waals surface area contributed by atoms with Crippen LogP contribution in [-0.4, -0.2) is 67.6 Å². The highest BCUT2D eigenvalue weighted by molar-refractivity contribution is 8.13. The summed E-state index contributed by atoms with van der Waals surface area (Å²) in [4.78, 5) is 38.0. The maximum Gasteiger partial charge on any atom is 0.249 e. The normalized spacial score (nSPS) is 18.3. The summed E-state index contributed by atoms with van der Waals surface area (Å²) in [6.07, 6.45) is -0.891. The zero-order valence-electron chi connectivity index (χ0n) is 15.2. The first-order valence-electron chi connectivity index (χ1n) is 8.71.